The summed E-state index contributed by atoms with van der Waals surface area (Å²) < 4.78 is 5.59. The maximum absolute atomic E-state index is 5.93. The number of ether oxygens (including phenoxy) is 1. The van der Waals surface area contributed by atoms with Gasteiger partial charge in [0.25, 0.3) is 0 Å². The van der Waals surface area contributed by atoms with Crippen molar-refractivity contribution in [3.05, 3.63) is 42.0 Å². The van der Waals surface area contributed by atoms with E-state index in [1.165, 1.54) is 0 Å². The van der Waals surface area contributed by atoms with Crippen molar-refractivity contribution in [1.82, 2.24) is 0 Å². The summed E-state index contributed by atoms with van der Waals surface area (Å²) in [5, 5.41) is 0. The summed E-state index contributed by atoms with van der Waals surface area (Å²) in [7, 11) is 0. The molecule has 16 heavy (non-hydrogen) atoms. The summed E-state index contributed by atoms with van der Waals surface area (Å²) in [4.78, 5) is 0. The van der Waals surface area contributed by atoms with Gasteiger partial charge in [0.15, 0.2) is 0 Å². The summed E-state index contributed by atoms with van der Waals surface area (Å²) in [6.45, 7) is 8.66. The molecule has 0 radical (unpaired) electrons. The standard InChI is InChI=1S/C14H21NO/c1-4-11(3)10-16-13-8-6-12(7-9-13)14(15)5-2/h6-9,14H,3-5,10,15H2,1-2H3. The minimum Gasteiger partial charge on any atom is -0.489 e. The van der Waals surface area contributed by atoms with Crippen molar-refractivity contribution in [2.75, 3.05) is 6.61 Å². The predicted molar refractivity (Wildman–Crippen MR) is 68.6 cm³/mol. The molecular formula is C14H21NO. The van der Waals surface area contributed by atoms with Crippen LogP contribution in [-0.4, -0.2) is 6.61 Å². The molecule has 1 aromatic carbocycles. The molecule has 0 heterocycles. The van der Waals surface area contributed by atoms with E-state index in [9.17, 15) is 0 Å². The van der Waals surface area contributed by atoms with E-state index in [0.29, 0.717) is 6.61 Å². The number of hydrogen-bond donors (Lipinski definition) is 1. The number of hydrogen-bond acceptors (Lipinski definition) is 2. The Morgan fingerprint density at radius 1 is 1.31 bits per heavy atom. The molecule has 0 amide bonds. The molecule has 1 rings (SSSR count). The Morgan fingerprint density at radius 2 is 1.94 bits per heavy atom. The highest BCUT2D eigenvalue weighted by molar-refractivity contribution is 5.29. The highest BCUT2D eigenvalue weighted by Crippen LogP contribution is 2.18. The Labute approximate surface area is 98.1 Å². The fourth-order valence-corrected chi connectivity index (χ4v) is 1.33. The summed E-state index contributed by atoms with van der Waals surface area (Å²) in [5.41, 5.74) is 8.20. The van der Waals surface area contributed by atoms with Crippen LogP contribution in [-0.2, 0) is 0 Å². The van der Waals surface area contributed by atoms with Crippen molar-refractivity contribution >= 4 is 0 Å². The molecule has 2 nitrogen and oxygen atoms in total. The van der Waals surface area contributed by atoms with Crippen LogP contribution in [0.25, 0.3) is 0 Å². The zero-order valence-corrected chi connectivity index (χ0v) is 10.2. The van der Waals surface area contributed by atoms with Crippen molar-refractivity contribution < 1.29 is 4.74 Å². The van der Waals surface area contributed by atoms with Gasteiger partial charge >= 0.3 is 0 Å². The van der Waals surface area contributed by atoms with Crippen LogP contribution in [0, 0.1) is 0 Å². The van der Waals surface area contributed by atoms with Gasteiger partial charge in [-0.05, 0) is 36.1 Å². The topological polar surface area (TPSA) is 35.2 Å². The number of benzene rings is 1. The van der Waals surface area contributed by atoms with Crippen molar-refractivity contribution in [2.45, 2.75) is 32.7 Å². The smallest absolute Gasteiger partial charge is 0.119 e. The highest BCUT2D eigenvalue weighted by Gasteiger charge is 2.02. The zero-order chi connectivity index (χ0) is 12.0. The van der Waals surface area contributed by atoms with E-state index in [0.717, 1.165) is 29.7 Å². The molecule has 0 bridgehead atoms. The Hall–Kier alpha value is -1.28. The van der Waals surface area contributed by atoms with Crippen molar-refractivity contribution in [3.63, 3.8) is 0 Å². The van der Waals surface area contributed by atoms with Gasteiger partial charge in [0.1, 0.15) is 12.4 Å². The van der Waals surface area contributed by atoms with Crippen LogP contribution in [0.15, 0.2) is 36.4 Å². The van der Waals surface area contributed by atoms with Gasteiger partial charge in [-0.25, -0.2) is 0 Å². The first-order valence-electron chi connectivity index (χ1n) is 5.82. The third kappa shape index (κ3) is 3.70. The molecule has 0 fully saturated rings. The minimum absolute atomic E-state index is 0.125. The lowest BCUT2D eigenvalue weighted by Gasteiger charge is -2.11. The van der Waals surface area contributed by atoms with Crippen molar-refractivity contribution in [3.8, 4) is 5.75 Å². The van der Waals surface area contributed by atoms with E-state index >= 15 is 0 Å². The van der Waals surface area contributed by atoms with E-state index in [1.54, 1.807) is 0 Å². The second kappa shape index (κ2) is 6.33. The van der Waals surface area contributed by atoms with Crippen LogP contribution in [0.1, 0.15) is 38.3 Å². The molecular weight excluding hydrogens is 198 g/mol. The fraction of sp³-hybridized carbons (Fsp3) is 0.429. The fourth-order valence-electron chi connectivity index (χ4n) is 1.33. The van der Waals surface area contributed by atoms with Crippen LogP contribution in [0.3, 0.4) is 0 Å². The Bertz CT molecular complexity index is 329. The molecule has 2 heteroatoms. The number of rotatable bonds is 6. The van der Waals surface area contributed by atoms with Crippen molar-refractivity contribution in [1.29, 1.82) is 0 Å². The highest BCUT2D eigenvalue weighted by atomic mass is 16.5. The summed E-state index contributed by atoms with van der Waals surface area (Å²) >= 11 is 0. The van der Waals surface area contributed by atoms with Crippen LogP contribution in [0.4, 0.5) is 0 Å². The Morgan fingerprint density at radius 3 is 2.44 bits per heavy atom. The lowest BCUT2D eigenvalue weighted by Crippen LogP contribution is -2.08. The van der Waals surface area contributed by atoms with Gasteiger partial charge < -0.3 is 10.5 Å². The van der Waals surface area contributed by atoms with Gasteiger partial charge in [-0.15, -0.1) is 0 Å². The van der Waals surface area contributed by atoms with Crippen LogP contribution < -0.4 is 10.5 Å². The Kier molecular flexibility index (Phi) is 5.06. The van der Waals surface area contributed by atoms with E-state index < -0.39 is 0 Å². The first-order chi connectivity index (χ1) is 7.67. The first kappa shape index (κ1) is 12.8. The molecule has 0 aromatic heterocycles. The SMILES string of the molecule is C=C(CC)COc1ccc(C(N)CC)cc1. The van der Waals surface area contributed by atoms with Gasteiger partial charge in [-0.2, -0.15) is 0 Å². The predicted octanol–water partition coefficient (Wildman–Crippen LogP) is 3.44. The third-order valence-corrected chi connectivity index (χ3v) is 2.69. The van der Waals surface area contributed by atoms with Crippen LogP contribution in [0.2, 0.25) is 0 Å². The van der Waals surface area contributed by atoms with Gasteiger partial charge in [0.05, 0.1) is 0 Å². The molecule has 0 saturated carbocycles. The summed E-state index contributed by atoms with van der Waals surface area (Å²) in [5.74, 6) is 0.877. The van der Waals surface area contributed by atoms with Gasteiger partial charge in [0, 0.05) is 6.04 Å². The molecule has 0 spiro atoms. The molecule has 0 aliphatic rings. The maximum Gasteiger partial charge on any atom is 0.119 e. The molecule has 0 aliphatic carbocycles. The average molecular weight is 219 g/mol. The summed E-state index contributed by atoms with van der Waals surface area (Å²) in [6.07, 6.45) is 1.91. The van der Waals surface area contributed by atoms with E-state index in [1.807, 2.05) is 24.3 Å². The number of nitrogens with two attached hydrogens (primary N) is 1. The zero-order valence-electron chi connectivity index (χ0n) is 10.2. The molecule has 0 aliphatic heterocycles. The van der Waals surface area contributed by atoms with Crippen molar-refractivity contribution in [2.24, 2.45) is 5.73 Å². The van der Waals surface area contributed by atoms with E-state index in [2.05, 4.69) is 20.4 Å². The second-order valence-electron chi connectivity index (χ2n) is 3.98. The lowest BCUT2D eigenvalue weighted by molar-refractivity contribution is 0.349. The first-order valence-corrected chi connectivity index (χ1v) is 5.82. The Balaban J connectivity index is 2.54. The minimum atomic E-state index is 0.125. The second-order valence-corrected chi connectivity index (χ2v) is 3.98. The molecule has 1 atom stereocenters. The van der Waals surface area contributed by atoms with Gasteiger partial charge in [-0.3, -0.25) is 0 Å². The average Bonchev–Trinajstić information content (AvgIpc) is 2.35. The maximum atomic E-state index is 5.93. The normalized spacial score (nSPS) is 12.2. The molecule has 1 aromatic rings. The van der Waals surface area contributed by atoms with Crippen LogP contribution in [0.5, 0.6) is 5.75 Å². The van der Waals surface area contributed by atoms with Gasteiger partial charge in [-0.1, -0.05) is 32.6 Å². The van der Waals surface area contributed by atoms with E-state index in [4.69, 9.17) is 10.5 Å². The van der Waals surface area contributed by atoms with E-state index in [-0.39, 0.29) is 6.04 Å². The monoisotopic (exact) mass is 219 g/mol. The lowest BCUT2D eigenvalue weighted by atomic mass is 10.1. The van der Waals surface area contributed by atoms with Gasteiger partial charge in [0.2, 0.25) is 0 Å². The largest absolute Gasteiger partial charge is 0.489 e. The molecule has 2 N–H and O–H groups in total. The molecule has 0 saturated heterocycles. The third-order valence-electron chi connectivity index (χ3n) is 2.69. The van der Waals surface area contributed by atoms with Crippen LogP contribution >= 0.6 is 0 Å². The quantitative estimate of drug-likeness (QED) is 0.744. The molecule has 88 valence electrons. The molecule has 1 unspecified atom stereocenters. The summed E-state index contributed by atoms with van der Waals surface area (Å²) in [6, 6.07) is 8.11.